The van der Waals surface area contributed by atoms with Gasteiger partial charge in [-0.2, -0.15) is 0 Å². The van der Waals surface area contributed by atoms with E-state index in [0.717, 1.165) is 25.1 Å². The molecule has 124 valence electrons. The van der Waals surface area contributed by atoms with Crippen molar-refractivity contribution in [3.8, 4) is 0 Å². The van der Waals surface area contributed by atoms with Gasteiger partial charge in [-0.05, 0) is 56.5 Å². The molecule has 6 heteroatoms. The highest BCUT2D eigenvalue weighted by molar-refractivity contribution is 6.00. The Hall–Kier alpha value is -0.810. The minimum Gasteiger partial charge on any atom is -0.324 e. The molecule has 1 aliphatic carbocycles. The van der Waals surface area contributed by atoms with Crippen LogP contribution in [-0.4, -0.2) is 29.4 Å². The fraction of sp³-hybridized carbons (Fsp3) is 0.562. The van der Waals surface area contributed by atoms with Crippen molar-refractivity contribution in [2.75, 3.05) is 18.4 Å². The Morgan fingerprint density at radius 2 is 1.86 bits per heavy atom. The van der Waals surface area contributed by atoms with Gasteiger partial charge in [0, 0.05) is 12.2 Å². The number of halogens is 2. The first kappa shape index (κ1) is 19.2. The molecule has 0 spiro atoms. The van der Waals surface area contributed by atoms with Crippen LogP contribution in [0, 0.1) is 0 Å². The molecule has 2 aliphatic rings. The summed E-state index contributed by atoms with van der Waals surface area (Å²) >= 11 is 0. The van der Waals surface area contributed by atoms with Gasteiger partial charge in [0.15, 0.2) is 0 Å². The van der Waals surface area contributed by atoms with Gasteiger partial charge < -0.3 is 11.1 Å². The average molecular weight is 346 g/mol. The van der Waals surface area contributed by atoms with Crippen molar-refractivity contribution in [3.63, 3.8) is 0 Å². The Balaban J connectivity index is 0.00000121. The molecule has 3 rings (SSSR count). The number of carbonyl (C=O) groups is 1. The Morgan fingerprint density at radius 3 is 2.50 bits per heavy atom. The SMILES string of the molecule is Cl.Cl.NC1(C(=O)Nc2cccc(CN3CCCCC3)c2)CC1. The summed E-state index contributed by atoms with van der Waals surface area (Å²) in [5, 5.41) is 2.94. The number of amides is 1. The number of piperidine rings is 1. The highest BCUT2D eigenvalue weighted by atomic mass is 35.5. The second kappa shape index (κ2) is 8.16. The van der Waals surface area contributed by atoms with Crippen molar-refractivity contribution in [2.45, 2.75) is 44.2 Å². The number of benzene rings is 1. The van der Waals surface area contributed by atoms with Gasteiger partial charge in [0.1, 0.15) is 0 Å². The van der Waals surface area contributed by atoms with Crippen LogP contribution in [0.4, 0.5) is 5.69 Å². The summed E-state index contributed by atoms with van der Waals surface area (Å²) in [7, 11) is 0. The van der Waals surface area contributed by atoms with Crippen molar-refractivity contribution in [1.82, 2.24) is 4.90 Å². The maximum Gasteiger partial charge on any atom is 0.244 e. The predicted octanol–water partition coefficient (Wildman–Crippen LogP) is 2.95. The first-order valence-corrected chi connectivity index (χ1v) is 7.57. The number of nitrogens with zero attached hydrogens (tertiary/aromatic N) is 1. The summed E-state index contributed by atoms with van der Waals surface area (Å²) in [6.45, 7) is 3.34. The molecule has 1 amide bonds. The van der Waals surface area contributed by atoms with Gasteiger partial charge in [-0.1, -0.05) is 18.6 Å². The summed E-state index contributed by atoms with van der Waals surface area (Å²) in [5.74, 6) is -0.0485. The summed E-state index contributed by atoms with van der Waals surface area (Å²) < 4.78 is 0. The van der Waals surface area contributed by atoms with E-state index in [-0.39, 0.29) is 30.7 Å². The van der Waals surface area contributed by atoms with E-state index in [0.29, 0.717) is 0 Å². The molecule has 0 aromatic heterocycles. The molecule has 0 atom stereocenters. The number of hydrogen-bond donors (Lipinski definition) is 2. The maximum atomic E-state index is 12.0. The second-order valence-electron chi connectivity index (χ2n) is 6.15. The van der Waals surface area contributed by atoms with Crippen molar-refractivity contribution in [3.05, 3.63) is 29.8 Å². The number of anilines is 1. The van der Waals surface area contributed by atoms with E-state index in [9.17, 15) is 4.79 Å². The van der Waals surface area contributed by atoms with Gasteiger partial charge in [0.05, 0.1) is 5.54 Å². The summed E-state index contributed by atoms with van der Waals surface area (Å²) in [5.41, 5.74) is 7.42. The minimum absolute atomic E-state index is 0. The second-order valence-corrected chi connectivity index (χ2v) is 6.15. The van der Waals surface area contributed by atoms with E-state index < -0.39 is 5.54 Å². The van der Waals surface area contributed by atoms with E-state index in [2.05, 4.69) is 22.3 Å². The zero-order chi connectivity index (χ0) is 14.0. The van der Waals surface area contributed by atoms with Crippen LogP contribution in [0.1, 0.15) is 37.7 Å². The number of carbonyl (C=O) groups excluding carboxylic acids is 1. The molecule has 0 radical (unpaired) electrons. The fourth-order valence-electron chi connectivity index (χ4n) is 2.74. The molecule has 4 nitrogen and oxygen atoms in total. The molecule has 3 N–H and O–H groups in total. The highest BCUT2D eigenvalue weighted by Crippen LogP contribution is 2.33. The maximum absolute atomic E-state index is 12.0. The molecule has 1 heterocycles. The molecule has 1 aromatic rings. The molecular weight excluding hydrogens is 321 g/mol. The standard InChI is InChI=1S/C16H23N3O.2ClH/c17-16(7-8-16)15(20)18-14-6-4-5-13(11-14)12-19-9-2-1-3-10-19;;/h4-6,11H,1-3,7-10,12,17H2,(H,18,20);2*1H. The van der Waals surface area contributed by atoms with Crippen molar-refractivity contribution < 1.29 is 4.79 Å². The van der Waals surface area contributed by atoms with E-state index in [1.54, 1.807) is 0 Å². The predicted molar refractivity (Wildman–Crippen MR) is 94.8 cm³/mol. The largest absolute Gasteiger partial charge is 0.324 e. The number of nitrogens with one attached hydrogen (secondary N) is 1. The normalized spacial score (nSPS) is 19.5. The van der Waals surface area contributed by atoms with E-state index >= 15 is 0 Å². The van der Waals surface area contributed by atoms with Crippen LogP contribution >= 0.6 is 24.8 Å². The van der Waals surface area contributed by atoms with Crippen LogP contribution in [0.3, 0.4) is 0 Å². The first-order chi connectivity index (χ1) is 9.66. The van der Waals surface area contributed by atoms with E-state index in [1.807, 2.05) is 12.1 Å². The lowest BCUT2D eigenvalue weighted by Gasteiger charge is -2.26. The van der Waals surface area contributed by atoms with Crippen LogP contribution in [0.25, 0.3) is 0 Å². The summed E-state index contributed by atoms with van der Waals surface area (Å²) in [6, 6.07) is 8.13. The highest BCUT2D eigenvalue weighted by Gasteiger charge is 2.45. The van der Waals surface area contributed by atoms with Gasteiger partial charge in [0.25, 0.3) is 0 Å². The Morgan fingerprint density at radius 1 is 1.18 bits per heavy atom. The quantitative estimate of drug-likeness (QED) is 0.881. The number of likely N-dealkylation sites (tertiary alicyclic amines) is 1. The molecular formula is C16H25Cl2N3O. The Kier molecular flexibility index (Phi) is 7.13. The van der Waals surface area contributed by atoms with E-state index in [1.165, 1.54) is 37.9 Å². The number of rotatable bonds is 4. The molecule has 22 heavy (non-hydrogen) atoms. The number of nitrogens with two attached hydrogens (primary N) is 1. The van der Waals surface area contributed by atoms with Crippen molar-refractivity contribution >= 4 is 36.4 Å². The molecule has 1 aliphatic heterocycles. The van der Waals surface area contributed by atoms with Crippen molar-refractivity contribution in [2.24, 2.45) is 5.73 Å². The zero-order valence-corrected chi connectivity index (χ0v) is 14.3. The molecule has 0 bridgehead atoms. The molecule has 1 aromatic carbocycles. The third-order valence-electron chi connectivity index (χ3n) is 4.28. The lowest BCUT2D eigenvalue weighted by atomic mass is 10.1. The van der Waals surface area contributed by atoms with E-state index in [4.69, 9.17) is 5.73 Å². The van der Waals surface area contributed by atoms with Crippen LogP contribution in [0.5, 0.6) is 0 Å². The minimum atomic E-state index is -0.608. The van der Waals surface area contributed by atoms with Crippen LogP contribution < -0.4 is 11.1 Å². The molecule has 1 saturated heterocycles. The van der Waals surface area contributed by atoms with Crippen LogP contribution in [0.2, 0.25) is 0 Å². The van der Waals surface area contributed by atoms with Gasteiger partial charge in [0.2, 0.25) is 5.91 Å². The summed E-state index contributed by atoms with van der Waals surface area (Å²) in [4.78, 5) is 14.4. The Bertz CT molecular complexity index is 500. The first-order valence-electron chi connectivity index (χ1n) is 7.57. The van der Waals surface area contributed by atoms with Crippen LogP contribution in [-0.2, 0) is 11.3 Å². The molecule has 1 saturated carbocycles. The average Bonchev–Trinajstić information content (AvgIpc) is 3.20. The smallest absolute Gasteiger partial charge is 0.244 e. The fourth-order valence-corrected chi connectivity index (χ4v) is 2.74. The van der Waals surface area contributed by atoms with Gasteiger partial charge in [-0.3, -0.25) is 9.69 Å². The van der Waals surface area contributed by atoms with Gasteiger partial charge >= 0.3 is 0 Å². The number of hydrogen-bond acceptors (Lipinski definition) is 3. The van der Waals surface area contributed by atoms with Crippen LogP contribution in [0.15, 0.2) is 24.3 Å². The third-order valence-corrected chi connectivity index (χ3v) is 4.28. The topological polar surface area (TPSA) is 58.4 Å². The van der Waals surface area contributed by atoms with Gasteiger partial charge in [-0.15, -0.1) is 24.8 Å². The Labute approximate surface area is 144 Å². The molecule has 2 fully saturated rings. The third kappa shape index (κ3) is 4.85. The monoisotopic (exact) mass is 345 g/mol. The molecule has 0 unspecified atom stereocenters. The lowest BCUT2D eigenvalue weighted by Crippen LogP contribution is -2.37. The lowest BCUT2D eigenvalue weighted by molar-refractivity contribution is -0.118. The van der Waals surface area contributed by atoms with Gasteiger partial charge in [-0.25, -0.2) is 0 Å². The zero-order valence-electron chi connectivity index (χ0n) is 12.7. The summed E-state index contributed by atoms with van der Waals surface area (Å²) in [6.07, 6.45) is 5.54. The van der Waals surface area contributed by atoms with Crippen molar-refractivity contribution in [1.29, 1.82) is 0 Å².